The van der Waals surface area contributed by atoms with Gasteiger partial charge in [0.15, 0.2) is 5.75 Å². The lowest BCUT2D eigenvalue weighted by Crippen LogP contribution is -2.02. The van der Waals surface area contributed by atoms with E-state index in [0.29, 0.717) is 27.9 Å². The van der Waals surface area contributed by atoms with Crippen LogP contribution in [0.25, 0.3) is 5.57 Å². The highest BCUT2D eigenvalue weighted by molar-refractivity contribution is 6.29. The predicted molar refractivity (Wildman–Crippen MR) is 84.1 cm³/mol. The zero-order chi connectivity index (χ0) is 15.2. The van der Waals surface area contributed by atoms with Crippen LogP contribution in [-0.4, -0.2) is 23.2 Å². The van der Waals surface area contributed by atoms with Crippen molar-refractivity contribution in [2.45, 2.75) is 6.92 Å². The summed E-state index contributed by atoms with van der Waals surface area (Å²) in [4.78, 5) is 8.36. The zero-order valence-corrected chi connectivity index (χ0v) is 12.5. The second-order valence-electron chi connectivity index (χ2n) is 4.25. The number of hydrogen-bond donors (Lipinski definition) is 2. The van der Waals surface area contributed by atoms with E-state index < -0.39 is 0 Å². The monoisotopic (exact) mass is 302 g/mol. The Morgan fingerprint density at radius 2 is 2.19 bits per heavy atom. The molecular weight excluding hydrogens is 288 g/mol. The standard InChI is InChI=1S/C15H15ClN4O/c1-10-3-4-13(15(20-10)11(8-17)9-18-2)21-12-5-6-19-14(16)7-12/h3-9,17-18H,1-2H3/b11-9+,17-8?. The van der Waals surface area contributed by atoms with E-state index in [2.05, 4.69) is 15.3 Å². The van der Waals surface area contributed by atoms with Crippen LogP contribution in [0.4, 0.5) is 0 Å². The Bertz CT molecular complexity index is 685. The Morgan fingerprint density at radius 1 is 1.38 bits per heavy atom. The molecule has 2 N–H and O–H groups in total. The first-order chi connectivity index (χ1) is 10.1. The van der Waals surface area contributed by atoms with Crippen LogP contribution >= 0.6 is 11.6 Å². The average Bonchev–Trinajstić information content (AvgIpc) is 2.47. The van der Waals surface area contributed by atoms with Crippen LogP contribution < -0.4 is 10.1 Å². The molecule has 0 amide bonds. The second kappa shape index (κ2) is 6.85. The molecule has 2 rings (SSSR count). The summed E-state index contributed by atoms with van der Waals surface area (Å²) in [6, 6.07) is 7.00. The van der Waals surface area contributed by atoms with Crippen LogP contribution in [0.1, 0.15) is 11.4 Å². The maximum absolute atomic E-state index is 7.52. The molecule has 2 heterocycles. The number of hydrogen-bond acceptors (Lipinski definition) is 5. The Labute approximate surface area is 128 Å². The fraction of sp³-hybridized carbons (Fsp3) is 0.133. The van der Waals surface area contributed by atoms with E-state index in [4.69, 9.17) is 21.7 Å². The molecule has 6 heteroatoms. The van der Waals surface area contributed by atoms with Gasteiger partial charge in [0.25, 0.3) is 0 Å². The van der Waals surface area contributed by atoms with Crippen molar-refractivity contribution in [2.24, 2.45) is 0 Å². The lowest BCUT2D eigenvalue weighted by atomic mass is 10.1. The first-order valence-electron chi connectivity index (χ1n) is 6.29. The first-order valence-corrected chi connectivity index (χ1v) is 6.67. The van der Waals surface area contributed by atoms with Gasteiger partial charge in [-0.2, -0.15) is 0 Å². The van der Waals surface area contributed by atoms with Crippen LogP contribution in [0.2, 0.25) is 5.15 Å². The fourth-order valence-electron chi connectivity index (χ4n) is 1.74. The molecule has 0 aliphatic rings. The molecule has 0 aliphatic carbocycles. The summed E-state index contributed by atoms with van der Waals surface area (Å²) in [6.07, 6.45) is 4.49. The topological polar surface area (TPSA) is 70.9 Å². The summed E-state index contributed by atoms with van der Waals surface area (Å²) in [5.41, 5.74) is 2.05. The van der Waals surface area contributed by atoms with E-state index >= 15 is 0 Å². The van der Waals surface area contributed by atoms with Gasteiger partial charge in [-0.1, -0.05) is 11.6 Å². The van der Waals surface area contributed by atoms with Crippen molar-refractivity contribution >= 4 is 23.4 Å². The lowest BCUT2D eigenvalue weighted by molar-refractivity contribution is 0.477. The minimum Gasteiger partial charge on any atom is -0.455 e. The van der Waals surface area contributed by atoms with Gasteiger partial charge in [0.05, 0.1) is 0 Å². The molecule has 0 radical (unpaired) electrons. The van der Waals surface area contributed by atoms with E-state index in [1.54, 1.807) is 31.6 Å². The summed E-state index contributed by atoms with van der Waals surface area (Å²) in [7, 11) is 1.77. The third-order valence-corrected chi connectivity index (χ3v) is 2.86. The van der Waals surface area contributed by atoms with Crippen LogP contribution in [0.5, 0.6) is 11.5 Å². The number of rotatable bonds is 5. The van der Waals surface area contributed by atoms with E-state index in [-0.39, 0.29) is 0 Å². The number of halogens is 1. The van der Waals surface area contributed by atoms with Crippen LogP contribution in [-0.2, 0) is 0 Å². The molecule has 0 aliphatic heterocycles. The zero-order valence-electron chi connectivity index (χ0n) is 11.7. The molecule has 0 spiro atoms. The highest BCUT2D eigenvalue weighted by atomic mass is 35.5. The molecule has 0 unspecified atom stereocenters. The average molecular weight is 303 g/mol. The van der Waals surface area contributed by atoms with Gasteiger partial charge in [0, 0.05) is 43.0 Å². The van der Waals surface area contributed by atoms with Crippen molar-refractivity contribution in [1.29, 1.82) is 5.41 Å². The summed E-state index contributed by atoms with van der Waals surface area (Å²) >= 11 is 5.85. The highest BCUT2D eigenvalue weighted by Gasteiger charge is 2.11. The molecular formula is C15H15ClN4O. The number of nitrogens with one attached hydrogen (secondary N) is 2. The number of allylic oxidation sites excluding steroid dienone is 1. The van der Waals surface area contributed by atoms with Crippen molar-refractivity contribution in [2.75, 3.05) is 7.05 Å². The van der Waals surface area contributed by atoms with Gasteiger partial charge in [0.1, 0.15) is 16.6 Å². The van der Waals surface area contributed by atoms with Crippen molar-refractivity contribution in [3.63, 3.8) is 0 Å². The molecule has 5 nitrogen and oxygen atoms in total. The van der Waals surface area contributed by atoms with Gasteiger partial charge in [0.2, 0.25) is 0 Å². The summed E-state index contributed by atoms with van der Waals surface area (Å²) in [5.74, 6) is 1.11. The number of nitrogens with zero attached hydrogens (tertiary/aromatic N) is 2. The minimum absolute atomic E-state index is 0.354. The van der Waals surface area contributed by atoms with Crippen molar-refractivity contribution in [3.8, 4) is 11.5 Å². The Morgan fingerprint density at radius 3 is 2.86 bits per heavy atom. The summed E-state index contributed by atoms with van der Waals surface area (Å²) in [6.45, 7) is 1.89. The van der Waals surface area contributed by atoms with Crippen LogP contribution in [0, 0.1) is 12.3 Å². The second-order valence-corrected chi connectivity index (χ2v) is 4.64. The molecule has 108 valence electrons. The Balaban J connectivity index is 2.44. The Kier molecular flexibility index (Phi) is 4.90. The molecule has 0 aromatic carbocycles. The summed E-state index contributed by atoms with van der Waals surface area (Å²) in [5, 5.41) is 10.8. The van der Waals surface area contributed by atoms with E-state index in [0.717, 1.165) is 5.69 Å². The maximum Gasteiger partial charge on any atom is 0.153 e. The van der Waals surface area contributed by atoms with Gasteiger partial charge < -0.3 is 15.5 Å². The number of aryl methyl sites for hydroxylation is 1. The van der Waals surface area contributed by atoms with E-state index in [1.165, 1.54) is 6.21 Å². The highest BCUT2D eigenvalue weighted by Crippen LogP contribution is 2.29. The normalized spacial score (nSPS) is 11.1. The molecule has 2 aromatic heterocycles. The molecule has 0 fully saturated rings. The van der Waals surface area contributed by atoms with Gasteiger partial charge in [-0.3, -0.25) is 0 Å². The predicted octanol–water partition coefficient (Wildman–Crippen LogP) is 3.44. The summed E-state index contributed by atoms with van der Waals surface area (Å²) < 4.78 is 5.82. The van der Waals surface area contributed by atoms with E-state index in [9.17, 15) is 0 Å². The quantitative estimate of drug-likeness (QED) is 0.655. The van der Waals surface area contributed by atoms with E-state index in [1.807, 2.05) is 19.1 Å². The van der Waals surface area contributed by atoms with Gasteiger partial charge in [-0.05, 0) is 25.1 Å². The molecule has 0 bridgehead atoms. The molecule has 21 heavy (non-hydrogen) atoms. The smallest absolute Gasteiger partial charge is 0.153 e. The van der Waals surface area contributed by atoms with Crippen molar-refractivity contribution in [1.82, 2.24) is 15.3 Å². The third-order valence-electron chi connectivity index (χ3n) is 2.65. The Hall–Kier alpha value is -2.40. The SMILES string of the molecule is CN/C=C(\C=N)c1nc(C)ccc1Oc1ccnc(Cl)c1. The molecule has 0 atom stereocenters. The number of pyridine rings is 2. The molecule has 0 saturated heterocycles. The largest absolute Gasteiger partial charge is 0.455 e. The van der Waals surface area contributed by atoms with Gasteiger partial charge in [-0.15, -0.1) is 0 Å². The minimum atomic E-state index is 0.354. The lowest BCUT2D eigenvalue weighted by Gasteiger charge is -2.11. The molecule has 2 aromatic rings. The number of aromatic nitrogens is 2. The fourth-order valence-corrected chi connectivity index (χ4v) is 1.91. The molecule has 0 saturated carbocycles. The van der Waals surface area contributed by atoms with Crippen LogP contribution in [0.15, 0.2) is 36.7 Å². The van der Waals surface area contributed by atoms with Crippen molar-refractivity contribution < 1.29 is 4.74 Å². The van der Waals surface area contributed by atoms with Crippen molar-refractivity contribution in [3.05, 3.63) is 53.2 Å². The third kappa shape index (κ3) is 3.79. The van der Waals surface area contributed by atoms with Gasteiger partial charge >= 0.3 is 0 Å². The van der Waals surface area contributed by atoms with Crippen LogP contribution in [0.3, 0.4) is 0 Å². The number of ether oxygens (including phenoxy) is 1. The maximum atomic E-state index is 7.52. The first kappa shape index (κ1) is 15.0. The van der Waals surface area contributed by atoms with Gasteiger partial charge in [-0.25, -0.2) is 9.97 Å².